The molecule has 0 saturated carbocycles. The van der Waals surface area contributed by atoms with Crippen molar-refractivity contribution in [3.05, 3.63) is 42.0 Å². The minimum Gasteiger partial charge on any atom is -0.493 e. The standard InChI is InChI=1S/C22H29N3O7S/c1-6-31-19-10-8-16(12-21(19)32-7-2)14-23-24-22(26)15-25(33(5,27)28)17-9-11-18(29-3)20(13-17)30-4/h8-14H,6-7,15H2,1-5H3,(H,24,26)/b23-14-. The fourth-order valence-corrected chi connectivity index (χ4v) is 3.72. The first-order chi connectivity index (χ1) is 15.7. The molecule has 2 aromatic carbocycles. The lowest BCUT2D eigenvalue weighted by Crippen LogP contribution is -2.39. The normalized spacial score (nSPS) is 11.2. The molecule has 0 spiro atoms. The van der Waals surface area contributed by atoms with E-state index in [0.717, 1.165) is 10.6 Å². The molecule has 1 amide bonds. The van der Waals surface area contributed by atoms with Crippen LogP contribution in [0.3, 0.4) is 0 Å². The number of benzene rings is 2. The summed E-state index contributed by atoms with van der Waals surface area (Å²) in [7, 11) is -0.856. The topological polar surface area (TPSA) is 116 Å². The van der Waals surface area contributed by atoms with E-state index in [1.807, 2.05) is 13.8 Å². The van der Waals surface area contributed by atoms with E-state index in [4.69, 9.17) is 18.9 Å². The third-order valence-electron chi connectivity index (χ3n) is 4.31. The third kappa shape index (κ3) is 7.28. The number of hydrazone groups is 1. The van der Waals surface area contributed by atoms with Gasteiger partial charge >= 0.3 is 0 Å². The van der Waals surface area contributed by atoms with Crippen molar-refractivity contribution in [2.75, 3.05) is 44.5 Å². The lowest BCUT2D eigenvalue weighted by molar-refractivity contribution is -0.119. The van der Waals surface area contributed by atoms with Crippen LogP contribution in [-0.2, 0) is 14.8 Å². The van der Waals surface area contributed by atoms with Gasteiger partial charge in [0, 0.05) is 6.07 Å². The first-order valence-corrected chi connectivity index (χ1v) is 12.0. The molecule has 10 nitrogen and oxygen atoms in total. The quantitative estimate of drug-likeness (QED) is 0.367. The second-order valence-corrected chi connectivity index (χ2v) is 8.58. The average Bonchev–Trinajstić information content (AvgIpc) is 2.78. The van der Waals surface area contributed by atoms with Crippen LogP contribution >= 0.6 is 0 Å². The maximum Gasteiger partial charge on any atom is 0.260 e. The molecule has 1 N–H and O–H groups in total. The smallest absolute Gasteiger partial charge is 0.260 e. The molecule has 0 unspecified atom stereocenters. The van der Waals surface area contributed by atoms with Gasteiger partial charge in [0.15, 0.2) is 23.0 Å². The predicted octanol–water partition coefficient (Wildman–Crippen LogP) is 2.42. The van der Waals surface area contributed by atoms with E-state index in [0.29, 0.717) is 41.8 Å². The second-order valence-electron chi connectivity index (χ2n) is 6.67. The summed E-state index contributed by atoms with van der Waals surface area (Å²) >= 11 is 0. The van der Waals surface area contributed by atoms with Crippen molar-refractivity contribution in [1.29, 1.82) is 0 Å². The van der Waals surface area contributed by atoms with E-state index < -0.39 is 22.5 Å². The summed E-state index contributed by atoms with van der Waals surface area (Å²) in [5.74, 6) is 1.32. The highest BCUT2D eigenvalue weighted by atomic mass is 32.2. The Morgan fingerprint density at radius 3 is 2.21 bits per heavy atom. The van der Waals surface area contributed by atoms with Gasteiger partial charge in [-0.15, -0.1) is 0 Å². The minimum absolute atomic E-state index is 0.252. The number of nitrogens with zero attached hydrogens (tertiary/aromatic N) is 2. The average molecular weight is 480 g/mol. The molecule has 11 heteroatoms. The predicted molar refractivity (Wildman–Crippen MR) is 126 cm³/mol. The van der Waals surface area contributed by atoms with Crippen LogP contribution in [0, 0.1) is 0 Å². The van der Waals surface area contributed by atoms with Gasteiger partial charge in [-0.3, -0.25) is 9.10 Å². The molecule has 0 aliphatic rings. The highest BCUT2D eigenvalue weighted by Gasteiger charge is 2.22. The Morgan fingerprint density at radius 1 is 0.970 bits per heavy atom. The Morgan fingerprint density at radius 2 is 1.61 bits per heavy atom. The monoisotopic (exact) mass is 479 g/mol. The van der Waals surface area contributed by atoms with Crippen molar-refractivity contribution in [1.82, 2.24) is 5.43 Å². The SMILES string of the molecule is CCOc1ccc(/C=N\NC(=O)CN(c2ccc(OC)c(OC)c2)S(C)(=O)=O)cc1OCC. The summed E-state index contributed by atoms with van der Waals surface area (Å²) < 4.78 is 47.0. The molecule has 0 aliphatic carbocycles. The number of carbonyl (C=O) groups is 1. The number of sulfonamides is 1. The molecule has 0 bridgehead atoms. The summed E-state index contributed by atoms with van der Waals surface area (Å²) in [6.45, 7) is 4.24. The molecular weight excluding hydrogens is 450 g/mol. The van der Waals surface area contributed by atoms with Gasteiger partial charge in [0.05, 0.1) is 45.6 Å². The van der Waals surface area contributed by atoms with Gasteiger partial charge in [-0.1, -0.05) is 0 Å². The van der Waals surface area contributed by atoms with Crippen LogP contribution in [0.5, 0.6) is 23.0 Å². The minimum atomic E-state index is -3.76. The zero-order valence-electron chi connectivity index (χ0n) is 19.3. The van der Waals surface area contributed by atoms with Crippen molar-refractivity contribution in [2.24, 2.45) is 5.10 Å². The number of nitrogens with one attached hydrogen (secondary N) is 1. The Kier molecular flexibility index (Phi) is 9.34. The number of ether oxygens (including phenoxy) is 4. The summed E-state index contributed by atoms with van der Waals surface area (Å²) in [6.07, 6.45) is 2.44. The van der Waals surface area contributed by atoms with Crippen molar-refractivity contribution in [3.8, 4) is 23.0 Å². The van der Waals surface area contributed by atoms with E-state index in [9.17, 15) is 13.2 Å². The summed E-state index contributed by atoms with van der Waals surface area (Å²) in [4.78, 5) is 12.4. The molecule has 33 heavy (non-hydrogen) atoms. The van der Waals surface area contributed by atoms with Crippen LogP contribution in [0.25, 0.3) is 0 Å². The highest BCUT2D eigenvalue weighted by molar-refractivity contribution is 7.92. The van der Waals surface area contributed by atoms with E-state index >= 15 is 0 Å². The van der Waals surface area contributed by atoms with Gasteiger partial charge in [0.2, 0.25) is 10.0 Å². The van der Waals surface area contributed by atoms with Gasteiger partial charge in [-0.2, -0.15) is 5.10 Å². The van der Waals surface area contributed by atoms with E-state index in [1.54, 1.807) is 24.3 Å². The first kappa shape index (κ1) is 25.8. The first-order valence-electron chi connectivity index (χ1n) is 10.1. The molecule has 180 valence electrons. The number of anilines is 1. The van der Waals surface area contributed by atoms with Gasteiger partial charge in [0.1, 0.15) is 6.54 Å². The third-order valence-corrected chi connectivity index (χ3v) is 5.45. The molecule has 0 radical (unpaired) electrons. The number of hydrogen-bond acceptors (Lipinski definition) is 8. The van der Waals surface area contributed by atoms with Crippen molar-refractivity contribution in [3.63, 3.8) is 0 Å². The lowest BCUT2D eigenvalue weighted by atomic mass is 10.2. The fourth-order valence-electron chi connectivity index (χ4n) is 2.87. The van der Waals surface area contributed by atoms with Crippen LogP contribution in [0.1, 0.15) is 19.4 Å². The largest absolute Gasteiger partial charge is 0.493 e. The Hall–Kier alpha value is -3.47. The van der Waals surface area contributed by atoms with Crippen molar-refractivity contribution < 1.29 is 32.2 Å². The number of amides is 1. The lowest BCUT2D eigenvalue weighted by Gasteiger charge is -2.22. The van der Waals surface area contributed by atoms with Gasteiger partial charge in [-0.05, 0) is 49.7 Å². The van der Waals surface area contributed by atoms with Gasteiger partial charge in [0.25, 0.3) is 5.91 Å². The molecule has 0 aromatic heterocycles. The number of rotatable bonds is 12. The number of hydrogen-bond donors (Lipinski definition) is 1. The van der Waals surface area contributed by atoms with Crippen molar-refractivity contribution in [2.45, 2.75) is 13.8 Å². The number of methoxy groups -OCH3 is 2. The molecule has 0 atom stereocenters. The molecule has 0 aliphatic heterocycles. The summed E-state index contributed by atoms with van der Waals surface area (Å²) in [5.41, 5.74) is 3.26. The molecular formula is C22H29N3O7S. The molecule has 0 fully saturated rings. The van der Waals surface area contributed by atoms with E-state index in [-0.39, 0.29) is 5.69 Å². The number of carbonyl (C=O) groups excluding carboxylic acids is 1. The van der Waals surface area contributed by atoms with Gasteiger partial charge in [-0.25, -0.2) is 13.8 Å². The molecule has 0 heterocycles. The molecule has 0 saturated heterocycles. The van der Waals surface area contributed by atoms with E-state index in [1.165, 1.54) is 32.6 Å². The highest BCUT2D eigenvalue weighted by Crippen LogP contribution is 2.32. The Labute approximate surface area is 194 Å². The molecule has 2 rings (SSSR count). The fraction of sp³-hybridized carbons (Fsp3) is 0.364. The maximum absolute atomic E-state index is 12.4. The van der Waals surface area contributed by atoms with Crippen LogP contribution in [0.15, 0.2) is 41.5 Å². The van der Waals surface area contributed by atoms with Crippen LogP contribution in [0.2, 0.25) is 0 Å². The van der Waals surface area contributed by atoms with Gasteiger partial charge < -0.3 is 18.9 Å². The van der Waals surface area contributed by atoms with E-state index in [2.05, 4.69) is 10.5 Å². The maximum atomic E-state index is 12.4. The zero-order valence-corrected chi connectivity index (χ0v) is 20.1. The molecule has 2 aromatic rings. The second kappa shape index (κ2) is 12.0. The van der Waals surface area contributed by atoms with Crippen LogP contribution < -0.4 is 28.7 Å². The van der Waals surface area contributed by atoms with Crippen LogP contribution in [0.4, 0.5) is 5.69 Å². The summed E-state index contributed by atoms with van der Waals surface area (Å²) in [5, 5.41) is 3.92. The Bertz CT molecular complexity index is 1090. The Balaban J connectivity index is 2.14. The van der Waals surface area contributed by atoms with Crippen LogP contribution in [-0.4, -0.2) is 60.8 Å². The van der Waals surface area contributed by atoms with Crippen molar-refractivity contribution >= 4 is 27.8 Å². The zero-order chi connectivity index (χ0) is 24.4. The summed E-state index contributed by atoms with van der Waals surface area (Å²) in [6, 6.07) is 9.80.